The smallest absolute Gasteiger partial charge is 0.191 e. The van der Waals surface area contributed by atoms with E-state index in [1.54, 1.807) is 12.3 Å². The molecule has 2 aromatic rings. The van der Waals surface area contributed by atoms with Gasteiger partial charge in [-0.15, -0.1) is 24.0 Å². The van der Waals surface area contributed by atoms with Crippen LogP contribution in [0.3, 0.4) is 0 Å². The third kappa shape index (κ3) is 7.86. The van der Waals surface area contributed by atoms with Gasteiger partial charge in [0.2, 0.25) is 0 Å². The summed E-state index contributed by atoms with van der Waals surface area (Å²) < 4.78 is 23.6. The minimum Gasteiger partial charge on any atom is -0.357 e. The van der Waals surface area contributed by atoms with Gasteiger partial charge >= 0.3 is 0 Å². The molecule has 0 spiro atoms. The Hall–Kier alpha value is -1.68. The number of aryl methyl sites for hydroxylation is 1. The molecule has 1 unspecified atom stereocenters. The molecule has 0 saturated heterocycles. The molecule has 2 rings (SSSR count). The molecule has 0 aliphatic rings. The zero-order valence-electron chi connectivity index (χ0n) is 18.3. The van der Waals surface area contributed by atoms with Crippen molar-refractivity contribution in [2.24, 2.45) is 10.9 Å². The van der Waals surface area contributed by atoms with Crippen LogP contribution >= 0.6 is 24.0 Å². The number of pyridine rings is 1. The highest BCUT2D eigenvalue weighted by Crippen LogP contribution is 2.22. The Balaban J connectivity index is 0.00000450. The monoisotopic (exact) mass is 544 g/mol. The van der Waals surface area contributed by atoms with E-state index in [0.717, 1.165) is 30.2 Å². The first-order valence-electron chi connectivity index (χ1n) is 9.94. The summed E-state index contributed by atoms with van der Waals surface area (Å²) in [5, 5.41) is 6.71. The summed E-state index contributed by atoms with van der Waals surface area (Å²) >= 11 is 0. The number of halogens is 1. The molecule has 1 aromatic carbocycles. The van der Waals surface area contributed by atoms with Gasteiger partial charge in [-0.25, -0.2) is 13.4 Å². The molecule has 0 radical (unpaired) electrons. The molecule has 8 heteroatoms. The van der Waals surface area contributed by atoms with Crippen molar-refractivity contribution >= 4 is 39.8 Å². The number of benzene rings is 1. The van der Waals surface area contributed by atoms with E-state index in [0.29, 0.717) is 23.3 Å². The zero-order chi connectivity index (χ0) is 21.4. The van der Waals surface area contributed by atoms with Crippen LogP contribution in [0.5, 0.6) is 0 Å². The molecule has 2 N–H and O–H groups in total. The molecule has 166 valence electrons. The van der Waals surface area contributed by atoms with Crippen molar-refractivity contribution in [3.63, 3.8) is 0 Å². The highest BCUT2D eigenvalue weighted by atomic mass is 127. The van der Waals surface area contributed by atoms with Crippen LogP contribution in [-0.2, 0) is 16.4 Å². The molecule has 0 saturated carbocycles. The Bertz CT molecular complexity index is 931. The number of hydrogen-bond donors (Lipinski definition) is 2. The molecule has 1 heterocycles. The average molecular weight is 545 g/mol. The van der Waals surface area contributed by atoms with Crippen LogP contribution in [0.15, 0.2) is 52.6 Å². The van der Waals surface area contributed by atoms with Crippen LogP contribution in [0.1, 0.15) is 43.4 Å². The number of aromatic nitrogens is 1. The molecule has 30 heavy (non-hydrogen) atoms. The number of sulfone groups is 1. The number of nitrogens with one attached hydrogen (secondary N) is 2. The van der Waals surface area contributed by atoms with Gasteiger partial charge in [-0.2, -0.15) is 0 Å². The van der Waals surface area contributed by atoms with Gasteiger partial charge in [0, 0.05) is 37.7 Å². The fraction of sp³-hybridized carbons (Fsp3) is 0.455. The Kier molecular flexibility index (Phi) is 10.8. The first-order chi connectivity index (χ1) is 13.7. The van der Waals surface area contributed by atoms with Gasteiger partial charge in [-0.05, 0) is 48.6 Å². The molecule has 0 fully saturated rings. The first-order valence-corrected chi connectivity index (χ1v) is 11.8. The lowest BCUT2D eigenvalue weighted by Crippen LogP contribution is -2.40. The van der Waals surface area contributed by atoms with E-state index in [4.69, 9.17) is 0 Å². The molecule has 0 bridgehead atoms. The Morgan fingerprint density at radius 2 is 1.93 bits per heavy atom. The number of nitrogens with zero attached hydrogens (tertiary/aromatic N) is 2. The zero-order valence-corrected chi connectivity index (χ0v) is 21.5. The minimum absolute atomic E-state index is 0. The summed E-state index contributed by atoms with van der Waals surface area (Å²) in [5.74, 6) is 1.52. The maximum atomic E-state index is 11.8. The van der Waals surface area contributed by atoms with Crippen molar-refractivity contribution in [1.29, 1.82) is 0 Å². The second kappa shape index (κ2) is 12.2. The predicted molar refractivity (Wildman–Crippen MR) is 134 cm³/mol. The van der Waals surface area contributed by atoms with Crippen molar-refractivity contribution in [2.45, 2.75) is 45.1 Å². The van der Waals surface area contributed by atoms with Crippen molar-refractivity contribution < 1.29 is 8.42 Å². The van der Waals surface area contributed by atoms with E-state index in [2.05, 4.69) is 40.5 Å². The highest BCUT2D eigenvalue weighted by molar-refractivity contribution is 14.0. The van der Waals surface area contributed by atoms with Crippen molar-refractivity contribution in [2.75, 3.05) is 19.3 Å². The molecule has 1 aromatic heterocycles. The van der Waals surface area contributed by atoms with Gasteiger partial charge in [0.25, 0.3) is 0 Å². The van der Waals surface area contributed by atoms with Crippen LogP contribution in [0, 0.1) is 12.8 Å². The number of hydrogen-bond acceptors (Lipinski definition) is 4. The first kappa shape index (κ1) is 26.4. The van der Waals surface area contributed by atoms with Gasteiger partial charge in [0.15, 0.2) is 15.8 Å². The normalized spacial score (nSPS) is 12.9. The van der Waals surface area contributed by atoms with Crippen LogP contribution < -0.4 is 10.6 Å². The third-order valence-corrected chi connectivity index (χ3v) is 6.07. The van der Waals surface area contributed by atoms with Gasteiger partial charge in [0.1, 0.15) is 0 Å². The average Bonchev–Trinajstić information content (AvgIpc) is 2.65. The van der Waals surface area contributed by atoms with Crippen molar-refractivity contribution in [3.05, 3.63) is 59.4 Å². The quantitative estimate of drug-likeness (QED) is 0.299. The summed E-state index contributed by atoms with van der Waals surface area (Å²) in [4.78, 5) is 9.28. The molecule has 6 nitrogen and oxygen atoms in total. The van der Waals surface area contributed by atoms with Crippen LogP contribution in [0.25, 0.3) is 0 Å². The second-order valence-electron chi connectivity index (χ2n) is 7.58. The van der Waals surface area contributed by atoms with Crippen LogP contribution in [-0.4, -0.2) is 38.7 Å². The maximum Gasteiger partial charge on any atom is 0.191 e. The van der Waals surface area contributed by atoms with Crippen LogP contribution in [0.4, 0.5) is 0 Å². The van der Waals surface area contributed by atoms with Crippen molar-refractivity contribution in [1.82, 2.24) is 15.6 Å². The number of rotatable bonds is 8. The van der Waals surface area contributed by atoms with Gasteiger partial charge in [0.05, 0.1) is 11.4 Å². The minimum atomic E-state index is -3.21. The Morgan fingerprint density at radius 1 is 1.20 bits per heavy atom. The van der Waals surface area contributed by atoms with Crippen LogP contribution in [0.2, 0.25) is 0 Å². The van der Waals surface area contributed by atoms with Gasteiger partial charge in [-0.3, -0.25) is 4.98 Å². The topological polar surface area (TPSA) is 83.5 Å². The predicted octanol–water partition coefficient (Wildman–Crippen LogP) is 3.91. The number of guanidine groups is 1. The molecule has 0 aliphatic heterocycles. The Morgan fingerprint density at radius 3 is 2.47 bits per heavy atom. The van der Waals surface area contributed by atoms with E-state index in [9.17, 15) is 8.42 Å². The van der Waals surface area contributed by atoms with Crippen molar-refractivity contribution in [3.8, 4) is 0 Å². The molecule has 0 amide bonds. The van der Waals surface area contributed by atoms with E-state index in [1.807, 2.05) is 38.2 Å². The molecular formula is C22H33IN4O2S. The lowest BCUT2D eigenvalue weighted by atomic mass is 9.89. The molecule has 1 atom stereocenters. The van der Waals surface area contributed by atoms with E-state index < -0.39 is 9.84 Å². The molecule has 0 aliphatic carbocycles. The van der Waals surface area contributed by atoms with E-state index in [1.165, 1.54) is 11.8 Å². The fourth-order valence-corrected chi connectivity index (χ4v) is 4.24. The largest absolute Gasteiger partial charge is 0.357 e. The molecular weight excluding hydrogens is 511 g/mol. The summed E-state index contributed by atoms with van der Waals surface area (Å²) in [6.07, 6.45) is 4.94. The lowest BCUT2D eigenvalue weighted by Gasteiger charge is -2.23. The summed E-state index contributed by atoms with van der Waals surface area (Å²) in [6, 6.07) is 9.44. The standard InChI is InChI=1S/C22H32N4O2S.HI/c1-6-24-22(26-15-20(16(2)3)19-8-7-11-23-14-19)25-13-18-9-10-21(17(4)12-18)29(5,27)28;/h7-12,14,16,20H,6,13,15H2,1-5H3,(H2,24,25,26);1H. The van der Waals surface area contributed by atoms with Gasteiger partial charge < -0.3 is 10.6 Å². The maximum absolute atomic E-state index is 11.8. The Labute approximate surface area is 197 Å². The SMILES string of the molecule is CCNC(=NCc1ccc(S(C)(=O)=O)c(C)c1)NCC(c1cccnc1)C(C)C.I. The van der Waals surface area contributed by atoms with E-state index in [-0.39, 0.29) is 24.0 Å². The van der Waals surface area contributed by atoms with Gasteiger partial charge in [-0.1, -0.05) is 32.0 Å². The lowest BCUT2D eigenvalue weighted by molar-refractivity contribution is 0.487. The summed E-state index contributed by atoms with van der Waals surface area (Å²) in [6.45, 7) is 10.2. The fourth-order valence-electron chi connectivity index (χ4n) is 3.28. The number of aliphatic imine (C=N–C) groups is 1. The second-order valence-corrected chi connectivity index (χ2v) is 9.57. The summed E-state index contributed by atoms with van der Waals surface area (Å²) in [7, 11) is -3.21. The van der Waals surface area contributed by atoms with E-state index >= 15 is 0 Å². The summed E-state index contributed by atoms with van der Waals surface area (Å²) in [5.41, 5.74) is 2.92. The highest BCUT2D eigenvalue weighted by Gasteiger charge is 2.16. The third-order valence-electron chi connectivity index (χ3n) is 4.81.